The van der Waals surface area contributed by atoms with E-state index in [0.717, 1.165) is 10.2 Å². The highest BCUT2D eigenvalue weighted by atomic mass is 79.9. The van der Waals surface area contributed by atoms with Crippen LogP contribution in [0.25, 0.3) is 0 Å². The summed E-state index contributed by atoms with van der Waals surface area (Å²) in [6.45, 7) is 1.68. The summed E-state index contributed by atoms with van der Waals surface area (Å²) < 4.78 is 6.38. The molecule has 1 rings (SSSR count). The van der Waals surface area contributed by atoms with Crippen molar-refractivity contribution in [2.75, 3.05) is 26.7 Å². The van der Waals surface area contributed by atoms with Gasteiger partial charge in [-0.05, 0) is 41.2 Å². The minimum atomic E-state index is -0.789. The van der Waals surface area contributed by atoms with Crippen LogP contribution < -0.4 is 4.74 Å². The highest BCUT2D eigenvalue weighted by Gasteiger charge is 2.04. The van der Waals surface area contributed by atoms with Crippen LogP contribution in [0.5, 0.6) is 5.75 Å². The lowest BCUT2D eigenvalue weighted by molar-refractivity contribution is -0.137. The van der Waals surface area contributed by atoms with Gasteiger partial charge in [-0.3, -0.25) is 4.79 Å². The number of ether oxygens (including phenoxy) is 1. The Morgan fingerprint density at radius 2 is 2.16 bits per heavy atom. The molecular weight excluding hydrogens is 357 g/mol. The summed E-state index contributed by atoms with van der Waals surface area (Å²) >= 11 is 9.19. The topological polar surface area (TPSA) is 49.8 Å². The molecule has 0 heterocycles. The van der Waals surface area contributed by atoms with Crippen molar-refractivity contribution in [3.63, 3.8) is 0 Å². The number of carbonyl (C=O) groups is 1. The van der Waals surface area contributed by atoms with Gasteiger partial charge in [-0.25, -0.2) is 0 Å². The Labute approximate surface area is 132 Å². The van der Waals surface area contributed by atoms with E-state index in [4.69, 9.17) is 21.4 Å². The number of halogens is 3. The standard InChI is InChI=1S/C12H15BrClNO3.ClH/c1-15(5-4-12(16)17)6-7-18-11-3-2-9(14)8-10(11)13;/h2-3,8H,4-7H2,1H3,(H,16,17);1H. The van der Waals surface area contributed by atoms with E-state index in [2.05, 4.69) is 15.9 Å². The van der Waals surface area contributed by atoms with E-state index < -0.39 is 5.97 Å². The summed E-state index contributed by atoms with van der Waals surface area (Å²) in [6, 6.07) is 5.32. The molecule has 0 spiro atoms. The molecule has 1 aromatic rings. The zero-order valence-electron chi connectivity index (χ0n) is 10.4. The number of nitrogens with zero attached hydrogens (tertiary/aromatic N) is 1. The molecule has 0 aliphatic rings. The molecule has 0 atom stereocenters. The Balaban J connectivity index is 0.00000324. The summed E-state index contributed by atoms with van der Waals surface area (Å²) in [5.74, 6) is -0.0609. The normalized spacial score (nSPS) is 10.1. The second-order valence-electron chi connectivity index (χ2n) is 3.87. The number of aliphatic carboxylic acids is 1. The van der Waals surface area contributed by atoms with Crippen molar-refractivity contribution in [2.45, 2.75) is 6.42 Å². The van der Waals surface area contributed by atoms with Gasteiger partial charge in [-0.2, -0.15) is 0 Å². The monoisotopic (exact) mass is 371 g/mol. The van der Waals surface area contributed by atoms with Gasteiger partial charge in [0.1, 0.15) is 12.4 Å². The Kier molecular flexibility index (Phi) is 9.18. The van der Waals surface area contributed by atoms with Gasteiger partial charge >= 0.3 is 5.97 Å². The largest absolute Gasteiger partial charge is 0.491 e. The van der Waals surface area contributed by atoms with Gasteiger partial charge < -0.3 is 14.7 Å². The van der Waals surface area contributed by atoms with Crippen LogP contribution in [0.3, 0.4) is 0 Å². The van der Waals surface area contributed by atoms with Crippen LogP contribution in [0.2, 0.25) is 5.02 Å². The van der Waals surface area contributed by atoms with Crippen LogP contribution >= 0.6 is 39.9 Å². The van der Waals surface area contributed by atoms with Gasteiger partial charge in [0.2, 0.25) is 0 Å². The first-order chi connectivity index (χ1) is 8.49. The molecule has 108 valence electrons. The molecule has 0 saturated carbocycles. The lowest BCUT2D eigenvalue weighted by atomic mass is 10.3. The zero-order chi connectivity index (χ0) is 13.5. The van der Waals surface area contributed by atoms with Crippen molar-refractivity contribution in [1.29, 1.82) is 0 Å². The summed E-state index contributed by atoms with van der Waals surface area (Å²) in [6.07, 6.45) is 0.140. The Morgan fingerprint density at radius 1 is 1.47 bits per heavy atom. The fraction of sp³-hybridized carbons (Fsp3) is 0.417. The average molecular weight is 373 g/mol. The SMILES string of the molecule is CN(CCOc1ccc(Cl)cc1Br)CCC(=O)O.Cl. The van der Waals surface area contributed by atoms with Crippen LogP contribution in [-0.2, 0) is 4.79 Å². The fourth-order valence-corrected chi connectivity index (χ4v) is 2.10. The van der Waals surface area contributed by atoms with E-state index in [9.17, 15) is 4.79 Å². The number of likely N-dealkylation sites (N-methyl/N-ethyl adjacent to an activating group) is 1. The van der Waals surface area contributed by atoms with Gasteiger partial charge in [0.15, 0.2) is 0 Å². The Bertz CT molecular complexity index is 418. The number of carboxylic acid groups (broad SMARTS) is 1. The van der Waals surface area contributed by atoms with Gasteiger partial charge in [0, 0.05) is 18.1 Å². The van der Waals surface area contributed by atoms with Gasteiger partial charge in [0.05, 0.1) is 10.9 Å². The Morgan fingerprint density at radius 3 is 2.74 bits per heavy atom. The number of hydrogen-bond acceptors (Lipinski definition) is 3. The lowest BCUT2D eigenvalue weighted by Crippen LogP contribution is -2.26. The van der Waals surface area contributed by atoms with Crippen LogP contribution in [0.4, 0.5) is 0 Å². The zero-order valence-corrected chi connectivity index (χ0v) is 13.6. The van der Waals surface area contributed by atoms with Crippen LogP contribution in [0, 0.1) is 0 Å². The molecule has 0 saturated heterocycles. The van der Waals surface area contributed by atoms with E-state index in [1.54, 1.807) is 18.2 Å². The molecule has 0 aromatic heterocycles. The molecule has 0 bridgehead atoms. The van der Waals surface area contributed by atoms with Crippen molar-refractivity contribution in [3.05, 3.63) is 27.7 Å². The van der Waals surface area contributed by atoms with Crippen LogP contribution in [-0.4, -0.2) is 42.7 Å². The van der Waals surface area contributed by atoms with Gasteiger partial charge in [0.25, 0.3) is 0 Å². The van der Waals surface area contributed by atoms with E-state index in [1.807, 2.05) is 11.9 Å². The van der Waals surface area contributed by atoms with Crippen molar-refractivity contribution < 1.29 is 14.6 Å². The molecule has 0 aliphatic heterocycles. The molecule has 0 aliphatic carbocycles. The second-order valence-corrected chi connectivity index (χ2v) is 5.16. The summed E-state index contributed by atoms with van der Waals surface area (Å²) in [7, 11) is 1.86. The minimum absolute atomic E-state index is 0. The van der Waals surface area contributed by atoms with Crippen molar-refractivity contribution in [1.82, 2.24) is 4.90 Å². The predicted octanol–water partition coefficient (Wildman–Crippen LogP) is 3.31. The lowest BCUT2D eigenvalue weighted by Gasteiger charge is -2.16. The molecule has 19 heavy (non-hydrogen) atoms. The molecule has 0 unspecified atom stereocenters. The van der Waals surface area contributed by atoms with Crippen molar-refractivity contribution in [3.8, 4) is 5.75 Å². The maximum Gasteiger partial charge on any atom is 0.304 e. The summed E-state index contributed by atoms with van der Waals surface area (Å²) in [5.41, 5.74) is 0. The number of benzene rings is 1. The first-order valence-corrected chi connectivity index (χ1v) is 6.64. The van der Waals surface area contributed by atoms with E-state index in [1.165, 1.54) is 0 Å². The Hall–Kier alpha value is -0.490. The third kappa shape index (κ3) is 7.62. The molecule has 1 N–H and O–H groups in total. The molecule has 7 heteroatoms. The summed E-state index contributed by atoms with van der Waals surface area (Å²) in [4.78, 5) is 12.3. The molecule has 0 radical (unpaired) electrons. The third-order valence-electron chi connectivity index (χ3n) is 2.33. The molecular formula is C12H16BrCl2NO3. The van der Waals surface area contributed by atoms with E-state index >= 15 is 0 Å². The minimum Gasteiger partial charge on any atom is -0.491 e. The first-order valence-electron chi connectivity index (χ1n) is 5.47. The number of rotatable bonds is 7. The number of hydrogen-bond donors (Lipinski definition) is 1. The summed E-state index contributed by atoms with van der Waals surface area (Å²) in [5, 5.41) is 9.20. The van der Waals surface area contributed by atoms with Crippen LogP contribution in [0.15, 0.2) is 22.7 Å². The van der Waals surface area contributed by atoms with Crippen molar-refractivity contribution >= 4 is 45.9 Å². The average Bonchev–Trinajstić information content (AvgIpc) is 2.29. The number of carboxylic acids is 1. The molecule has 0 fully saturated rings. The highest BCUT2D eigenvalue weighted by Crippen LogP contribution is 2.27. The second kappa shape index (κ2) is 9.42. The quantitative estimate of drug-likeness (QED) is 0.797. The van der Waals surface area contributed by atoms with Crippen LogP contribution in [0.1, 0.15) is 6.42 Å². The van der Waals surface area contributed by atoms with E-state index in [-0.39, 0.29) is 18.8 Å². The van der Waals surface area contributed by atoms with Gasteiger partial charge in [-0.15, -0.1) is 12.4 Å². The maximum atomic E-state index is 10.4. The first kappa shape index (κ1) is 18.5. The van der Waals surface area contributed by atoms with Crippen molar-refractivity contribution in [2.24, 2.45) is 0 Å². The molecule has 0 amide bonds. The smallest absolute Gasteiger partial charge is 0.304 e. The van der Waals surface area contributed by atoms with Gasteiger partial charge in [-0.1, -0.05) is 11.6 Å². The predicted molar refractivity (Wildman–Crippen MR) is 81.6 cm³/mol. The van der Waals surface area contributed by atoms with E-state index in [0.29, 0.717) is 24.7 Å². The molecule has 4 nitrogen and oxygen atoms in total. The maximum absolute atomic E-state index is 10.4. The highest BCUT2D eigenvalue weighted by molar-refractivity contribution is 9.10. The molecule has 1 aromatic carbocycles. The fourth-order valence-electron chi connectivity index (χ4n) is 1.30. The third-order valence-corrected chi connectivity index (χ3v) is 3.19.